The zero-order valence-electron chi connectivity index (χ0n) is 15.1. The number of rotatable bonds is 5. The van der Waals surface area contributed by atoms with Crippen LogP contribution in [-0.4, -0.2) is 55.1 Å². The van der Waals surface area contributed by atoms with Crippen LogP contribution in [0.5, 0.6) is 5.75 Å². The summed E-state index contributed by atoms with van der Waals surface area (Å²) in [7, 11) is -3.18. The van der Waals surface area contributed by atoms with Gasteiger partial charge in [-0.3, -0.25) is 9.59 Å². The van der Waals surface area contributed by atoms with Crippen LogP contribution in [0.2, 0.25) is 5.02 Å². The molecule has 1 aromatic carbocycles. The van der Waals surface area contributed by atoms with Gasteiger partial charge >= 0.3 is 0 Å². The molecule has 2 aliphatic heterocycles. The van der Waals surface area contributed by atoms with Crippen molar-refractivity contribution < 1.29 is 22.7 Å². The molecule has 11 heteroatoms. The molecule has 1 atom stereocenters. The first kappa shape index (κ1) is 21.1. The monoisotopic (exact) mass is 491 g/mol. The number of benzene rings is 1. The molecule has 1 unspecified atom stereocenters. The van der Waals surface area contributed by atoms with E-state index < -0.39 is 21.8 Å². The SMILES string of the molecule is CCOc1c(Br)cc(Cl)cc1NC(=O)C1=NN(C2CCS(=O)(=O)C2)C(=O)CC1. The molecule has 0 aliphatic carbocycles. The molecule has 1 saturated heterocycles. The first-order valence-corrected chi connectivity index (χ1v) is 11.7. The number of carbonyl (C=O) groups is 2. The molecule has 8 nitrogen and oxygen atoms in total. The Bertz CT molecular complexity index is 950. The van der Waals surface area contributed by atoms with Gasteiger partial charge in [-0.1, -0.05) is 11.6 Å². The second-order valence-corrected chi connectivity index (χ2v) is 10.0. The molecule has 1 aromatic rings. The van der Waals surface area contributed by atoms with E-state index in [1.807, 2.05) is 6.92 Å². The topological polar surface area (TPSA) is 105 Å². The van der Waals surface area contributed by atoms with E-state index in [1.165, 1.54) is 0 Å². The Labute approximate surface area is 176 Å². The highest BCUT2D eigenvalue weighted by molar-refractivity contribution is 9.10. The van der Waals surface area contributed by atoms with Crippen LogP contribution in [0.4, 0.5) is 5.69 Å². The molecule has 0 spiro atoms. The van der Waals surface area contributed by atoms with Gasteiger partial charge in [0.05, 0.1) is 34.3 Å². The van der Waals surface area contributed by atoms with E-state index in [9.17, 15) is 18.0 Å². The van der Waals surface area contributed by atoms with Gasteiger partial charge in [-0.2, -0.15) is 5.10 Å². The Balaban J connectivity index is 1.83. The van der Waals surface area contributed by atoms with Gasteiger partial charge in [0.1, 0.15) is 5.71 Å². The van der Waals surface area contributed by atoms with E-state index in [0.29, 0.717) is 34.0 Å². The Kier molecular flexibility index (Phi) is 6.31. The van der Waals surface area contributed by atoms with Crippen LogP contribution in [0, 0.1) is 0 Å². The number of hydrazone groups is 1. The van der Waals surface area contributed by atoms with Crippen molar-refractivity contribution in [1.29, 1.82) is 0 Å². The second-order valence-electron chi connectivity index (χ2n) is 6.49. The predicted octanol–water partition coefficient (Wildman–Crippen LogP) is 2.61. The lowest BCUT2D eigenvalue weighted by Crippen LogP contribution is -2.42. The Morgan fingerprint density at radius 2 is 2.18 bits per heavy atom. The fourth-order valence-electron chi connectivity index (χ4n) is 3.13. The molecule has 2 heterocycles. The van der Waals surface area contributed by atoms with Crippen molar-refractivity contribution in [2.45, 2.75) is 32.2 Å². The fraction of sp³-hybridized carbons (Fsp3) is 0.471. The third-order valence-electron chi connectivity index (χ3n) is 4.42. The standard InChI is InChI=1S/C17H19BrClN3O5S/c1-2-27-16-12(18)7-10(19)8-14(16)20-17(24)13-3-4-15(23)22(21-13)11-5-6-28(25,26)9-11/h7-8,11H,2-6,9H2,1H3,(H,20,24). The molecule has 152 valence electrons. The summed E-state index contributed by atoms with van der Waals surface area (Å²) >= 11 is 9.43. The average molecular weight is 493 g/mol. The molecule has 0 saturated carbocycles. The van der Waals surface area contributed by atoms with Crippen molar-refractivity contribution in [3.05, 3.63) is 21.6 Å². The summed E-state index contributed by atoms with van der Waals surface area (Å²) < 4.78 is 29.6. The highest BCUT2D eigenvalue weighted by Crippen LogP contribution is 2.36. The van der Waals surface area contributed by atoms with Crippen LogP contribution in [0.15, 0.2) is 21.7 Å². The number of anilines is 1. The number of hydrogen-bond donors (Lipinski definition) is 1. The number of amides is 2. The summed E-state index contributed by atoms with van der Waals surface area (Å²) in [6, 6.07) is 2.69. The second kappa shape index (κ2) is 8.38. The molecular weight excluding hydrogens is 474 g/mol. The van der Waals surface area contributed by atoms with Gasteiger partial charge in [-0.15, -0.1) is 0 Å². The zero-order valence-corrected chi connectivity index (χ0v) is 18.2. The predicted molar refractivity (Wildman–Crippen MR) is 110 cm³/mol. The number of ether oxygens (including phenoxy) is 1. The third kappa shape index (κ3) is 4.66. The van der Waals surface area contributed by atoms with Crippen molar-refractivity contribution in [2.75, 3.05) is 23.4 Å². The van der Waals surface area contributed by atoms with Crippen molar-refractivity contribution >= 4 is 60.6 Å². The van der Waals surface area contributed by atoms with Gasteiger partial charge in [0.25, 0.3) is 5.91 Å². The normalized spacial score (nSPS) is 21.4. The Morgan fingerprint density at radius 3 is 2.82 bits per heavy atom. The minimum atomic E-state index is -3.18. The molecule has 0 radical (unpaired) electrons. The number of nitrogens with zero attached hydrogens (tertiary/aromatic N) is 2. The van der Waals surface area contributed by atoms with Crippen LogP contribution < -0.4 is 10.1 Å². The lowest BCUT2D eigenvalue weighted by atomic mass is 10.1. The van der Waals surface area contributed by atoms with Crippen molar-refractivity contribution in [1.82, 2.24) is 5.01 Å². The maximum Gasteiger partial charge on any atom is 0.271 e. The Hall–Kier alpha value is -1.65. The Morgan fingerprint density at radius 1 is 1.43 bits per heavy atom. The first-order chi connectivity index (χ1) is 13.2. The molecule has 2 amide bonds. The van der Waals surface area contributed by atoms with E-state index in [1.54, 1.807) is 12.1 Å². The maximum atomic E-state index is 12.7. The zero-order chi connectivity index (χ0) is 20.5. The van der Waals surface area contributed by atoms with E-state index in [0.717, 1.165) is 5.01 Å². The van der Waals surface area contributed by atoms with E-state index >= 15 is 0 Å². The average Bonchev–Trinajstić information content (AvgIpc) is 2.98. The molecule has 0 aromatic heterocycles. The van der Waals surface area contributed by atoms with Crippen LogP contribution >= 0.6 is 27.5 Å². The highest BCUT2D eigenvalue weighted by Gasteiger charge is 2.37. The molecule has 1 N–H and O–H groups in total. The summed E-state index contributed by atoms with van der Waals surface area (Å²) in [5.74, 6) is -0.446. The lowest BCUT2D eigenvalue weighted by Gasteiger charge is -2.27. The van der Waals surface area contributed by atoms with E-state index in [4.69, 9.17) is 16.3 Å². The van der Waals surface area contributed by atoms with Crippen LogP contribution in [0.3, 0.4) is 0 Å². The number of halogens is 2. The highest BCUT2D eigenvalue weighted by atomic mass is 79.9. The summed E-state index contributed by atoms with van der Waals surface area (Å²) in [4.78, 5) is 24.9. The largest absolute Gasteiger partial charge is 0.491 e. The van der Waals surface area contributed by atoms with Crippen LogP contribution in [0.25, 0.3) is 0 Å². The molecular formula is C17H19BrClN3O5S. The number of hydrogen-bond acceptors (Lipinski definition) is 6. The molecule has 0 bridgehead atoms. The number of nitrogens with one attached hydrogen (secondary N) is 1. The van der Waals surface area contributed by atoms with Gasteiger partial charge in [-0.25, -0.2) is 13.4 Å². The minimum absolute atomic E-state index is 0.0206. The molecule has 2 aliphatic rings. The summed E-state index contributed by atoms with van der Waals surface area (Å²) in [5, 5.41) is 8.45. The van der Waals surface area contributed by atoms with E-state index in [2.05, 4.69) is 26.3 Å². The van der Waals surface area contributed by atoms with Gasteiger partial charge in [0.15, 0.2) is 15.6 Å². The van der Waals surface area contributed by atoms with Gasteiger partial charge in [-0.05, 0) is 41.4 Å². The maximum absolute atomic E-state index is 12.7. The smallest absolute Gasteiger partial charge is 0.271 e. The van der Waals surface area contributed by atoms with Crippen LogP contribution in [-0.2, 0) is 19.4 Å². The van der Waals surface area contributed by atoms with Gasteiger partial charge < -0.3 is 10.1 Å². The quantitative estimate of drug-likeness (QED) is 0.680. The fourth-order valence-corrected chi connectivity index (χ4v) is 5.74. The van der Waals surface area contributed by atoms with Crippen molar-refractivity contribution in [2.24, 2.45) is 5.10 Å². The third-order valence-corrected chi connectivity index (χ3v) is 6.98. The molecule has 1 fully saturated rings. The minimum Gasteiger partial charge on any atom is -0.491 e. The van der Waals surface area contributed by atoms with Crippen molar-refractivity contribution in [3.63, 3.8) is 0 Å². The number of sulfone groups is 1. The summed E-state index contributed by atoms with van der Waals surface area (Å²) in [6.07, 6.45) is 0.592. The van der Waals surface area contributed by atoms with Gasteiger partial charge in [0, 0.05) is 17.9 Å². The lowest BCUT2D eigenvalue weighted by molar-refractivity contribution is -0.133. The molecule has 28 heavy (non-hydrogen) atoms. The first-order valence-electron chi connectivity index (χ1n) is 8.73. The van der Waals surface area contributed by atoms with Crippen LogP contribution in [0.1, 0.15) is 26.2 Å². The van der Waals surface area contributed by atoms with Gasteiger partial charge in [0.2, 0.25) is 5.91 Å². The van der Waals surface area contributed by atoms with E-state index in [-0.39, 0.29) is 36.0 Å². The number of carbonyl (C=O) groups excluding carboxylic acids is 2. The van der Waals surface area contributed by atoms with Crippen molar-refractivity contribution in [3.8, 4) is 5.75 Å². The summed E-state index contributed by atoms with van der Waals surface area (Å²) in [5.41, 5.74) is 0.531. The summed E-state index contributed by atoms with van der Waals surface area (Å²) in [6.45, 7) is 2.21. The molecule has 3 rings (SSSR count).